The summed E-state index contributed by atoms with van der Waals surface area (Å²) >= 11 is 0. The molecule has 1 aromatic heterocycles. The third-order valence-corrected chi connectivity index (χ3v) is 2.88. The van der Waals surface area contributed by atoms with Crippen molar-refractivity contribution in [2.24, 2.45) is 11.8 Å². The Morgan fingerprint density at radius 1 is 1.59 bits per heavy atom. The van der Waals surface area contributed by atoms with E-state index < -0.39 is 0 Å². The Morgan fingerprint density at radius 2 is 2.35 bits per heavy atom. The standard InChI is InChI=1S/C11H16N4O2/c1-7-4-9(7)11(17)12-3-2-10(16)15-8-5-13-14-6-8/h5-7,9H,2-4H2,1H3,(H,12,17)(H,13,14)(H,15,16). The predicted molar refractivity (Wildman–Crippen MR) is 62.1 cm³/mol. The summed E-state index contributed by atoms with van der Waals surface area (Å²) in [5.41, 5.74) is 0.636. The van der Waals surface area contributed by atoms with Crippen molar-refractivity contribution in [2.45, 2.75) is 19.8 Å². The summed E-state index contributed by atoms with van der Waals surface area (Å²) in [5, 5.41) is 11.7. The molecule has 0 radical (unpaired) electrons. The summed E-state index contributed by atoms with van der Waals surface area (Å²) in [6, 6.07) is 0. The highest BCUT2D eigenvalue weighted by Crippen LogP contribution is 2.37. The number of anilines is 1. The number of amides is 2. The van der Waals surface area contributed by atoms with Crippen LogP contribution in [0, 0.1) is 11.8 Å². The lowest BCUT2D eigenvalue weighted by molar-refractivity contribution is -0.122. The van der Waals surface area contributed by atoms with E-state index in [9.17, 15) is 9.59 Å². The molecule has 1 aliphatic rings. The van der Waals surface area contributed by atoms with E-state index >= 15 is 0 Å². The van der Waals surface area contributed by atoms with Crippen molar-refractivity contribution in [3.8, 4) is 0 Å². The van der Waals surface area contributed by atoms with Crippen molar-refractivity contribution in [1.82, 2.24) is 15.5 Å². The second-order valence-corrected chi connectivity index (χ2v) is 4.40. The quantitative estimate of drug-likeness (QED) is 0.696. The highest BCUT2D eigenvalue weighted by molar-refractivity contribution is 5.91. The van der Waals surface area contributed by atoms with Crippen LogP contribution in [0.1, 0.15) is 19.8 Å². The van der Waals surface area contributed by atoms with Crippen LogP contribution in [0.2, 0.25) is 0 Å². The van der Waals surface area contributed by atoms with Crippen molar-refractivity contribution in [1.29, 1.82) is 0 Å². The van der Waals surface area contributed by atoms with Gasteiger partial charge in [0.2, 0.25) is 11.8 Å². The summed E-state index contributed by atoms with van der Waals surface area (Å²) in [6.45, 7) is 2.43. The molecule has 0 aliphatic heterocycles. The first-order valence-corrected chi connectivity index (χ1v) is 5.73. The molecule has 2 amide bonds. The Hall–Kier alpha value is -1.85. The first-order chi connectivity index (χ1) is 8.16. The number of nitrogens with one attached hydrogen (secondary N) is 3. The molecule has 0 aromatic carbocycles. The minimum Gasteiger partial charge on any atom is -0.355 e. The van der Waals surface area contributed by atoms with Crippen LogP contribution in [0.5, 0.6) is 0 Å². The molecule has 3 N–H and O–H groups in total. The molecule has 0 saturated heterocycles. The van der Waals surface area contributed by atoms with Gasteiger partial charge < -0.3 is 10.6 Å². The van der Waals surface area contributed by atoms with Gasteiger partial charge in [-0.1, -0.05) is 6.92 Å². The lowest BCUT2D eigenvalue weighted by atomic mass is 10.3. The fourth-order valence-corrected chi connectivity index (χ4v) is 1.66. The van der Waals surface area contributed by atoms with Crippen molar-refractivity contribution in [2.75, 3.05) is 11.9 Å². The molecule has 1 aromatic rings. The highest BCUT2D eigenvalue weighted by Gasteiger charge is 2.38. The Balaban J connectivity index is 1.61. The predicted octanol–water partition coefficient (Wildman–Crippen LogP) is 0.510. The number of carbonyl (C=O) groups is 2. The maximum atomic E-state index is 11.5. The van der Waals surface area contributed by atoms with Crippen LogP contribution in [0.15, 0.2) is 12.4 Å². The van der Waals surface area contributed by atoms with Crippen LogP contribution in [0.25, 0.3) is 0 Å². The first-order valence-electron chi connectivity index (χ1n) is 5.73. The van der Waals surface area contributed by atoms with Gasteiger partial charge in [0.1, 0.15) is 0 Å². The average molecular weight is 236 g/mol. The van der Waals surface area contributed by atoms with Gasteiger partial charge in [-0.15, -0.1) is 0 Å². The van der Waals surface area contributed by atoms with E-state index in [-0.39, 0.29) is 24.2 Å². The number of H-pyrrole nitrogens is 1. The second-order valence-electron chi connectivity index (χ2n) is 4.40. The minimum atomic E-state index is -0.129. The molecule has 17 heavy (non-hydrogen) atoms. The lowest BCUT2D eigenvalue weighted by Gasteiger charge is -2.04. The SMILES string of the molecule is CC1CC1C(=O)NCCC(=O)Nc1cn[nH]c1. The molecular weight excluding hydrogens is 220 g/mol. The van der Waals surface area contributed by atoms with Crippen molar-refractivity contribution < 1.29 is 9.59 Å². The number of carbonyl (C=O) groups excluding carboxylic acids is 2. The third-order valence-electron chi connectivity index (χ3n) is 2.88. The Kier molecular flexibility index (Phi) is 3.41. The van der Waals surface area contributed by atoms with Gasteiger partial charge >= 0.3 is 0 Å². The van der Waals surface area contributed by atoms with Crippen LogP contribution in [0.3, 0.4) is 0 Å². The molecule has 92 valence electrons. The second kappa shape index (κ2) is 4.99. The first kappa shape index (κ1) is 11.6. The number of nitrogens with zero attached hydrogens (tertiary/aromatic N) is 1. The molecule has 0 bridgehead atoms. The van der Waals surface area contributed by atoms with Gasteiger partial charge in [0.15, 0.2) is 0 Å². The molecular formula is C11H16N4O2. The number of hydrogen-bond acceptors (Lipinski definition) is 3. The third kappa shape index (κ3) is 3.30. The van der Waals surface area contributed by atoms with Crippen LogP contribution >= 0.6 is 0 Å². The van der Waals surface area contributed by atoms with Crippen LogP contribution in [-0.2, 0) is 9.59 Å². The topological polar surface area (TPSA) is 86.9 Å². The molecule has 2 atom stereocenters. The molecule has 1 heterocycles. The van der Waals surface area contributed by atoms with Gasteiger partial charge in [-0.25, -0.2) is 0 Å². The zero-order valence-corrected chi connectivity index (χ0v) is 9.69. The Bertz CT molecular complexity index is 402. The molecule has 1 saturated carbocycles. The van der Waals surface area contributed by atoms with E-state index in [1.807, 2.05) is 0 Å². The van der Waals surface area contributed by atoms with E-state index in [2.05, 4.69) is 27.8 Å². The Morgan fingerprint density at radius 3 is 2.94 bits per heavy atom. The number of aromatic nitrogens is 2. The number of hydrogen-bond donors (Lipinski definition) is 3. The average Bonchev–Trinajstić information content (AvgIpc) is 2.80. The summed E-state index contributed by atoms with van der Waals surface area (Å²) in [5.74, 6) is 0.589. The maximum Gasteiger partial charge on any atom is 0.226 e. The van der Waals surface area contributed by atoms with E-state index in [1.54, 1.807) is 6.20 Å². The van der Waals surface area contributed by atoms with Gasteiger partial charge in [-0.05, 0) is 12.3 Å². The molecule has 6 heteroatoms. The van der Waals surface area contributed by atoms with Crippen LogP contribution < -0.4 is 10.6 Å². The number of rotatable bonds is 5. The molecule has 2 rings (SSSR count). The van der Waals surface area contributed by atoms with Gasteiger partial charge in [-0.2, -0.15) is 5.10 Å². The largest absolute Gasteiger partial charge is 0.355 e. The summed E-state index contributed by atoms with van der Waals surface area (Å²) < 4.78 is 0. The van der Waals surface area contributed by atoms with E-state index in [0.29, 0.717) is 18.2 Å². The zero-order chi connectivity index (χ0) is 12.3. The van der Waals surface area contributed by atoms with E-state index in [4.69, 9.17) is 0 Å². The van der Waals surface area contributed by atoms with E-state index in [0.717, 1.165) is 6.42 Å². The van der Waals surface area contributed by atoms with Gasteiger partial charge in [0, 0.05) is 25.1 Å². The summed E-state index contributed by atoms with van der Waals surface area (Å²) in [7, 11) is 0. The lowest BCUT2D eigenvalue weighted by Crippen LogP contribution is -2.29. The summed E-state index contributed by atoms with van der Waals surface area (Å²) in [4.78, 5) is 22.9. The molecule has 0 spiro atoms. The highest BCUT2D eigenvalue weighted by atomic mass is 16.2. The molecule has 6 nitrogen and oxygen atoms in total. The van der Waals surface area contributed by atoms with Crippen LogP contribution in [-0.4, -0.2) is 28.6 Å². The Labute approximate surface area is 99.2 Å². The van der Waals surface area contributed by atoms with E-state index in [1.165, 1.54) is 6.20 Å². The van der Waals surface area contributed by atoms with Gasteiger partial charge in [-0.3, -0.25) is 14.7 Å². The maximum absolute atomic E-state index is 11.5. The van der Waals surface area contributed by atoms with Crippen molar-refractivity contribution in [3.05, 3.63) is 12.4 Å². The summed E-state index contributed by atoms with van der Waals surface area (Å²) in [6.07, 6.45) is 4.37. The zero-order valence-electron chi connectivity index (χ0n) is 9.69. The van der Waals surface area contributed by atoms with Gasteiger partial charge in [0.05, 0.1) is 11.9 Å². The minimum absolute atomic E-state index is 0.0635. The normalized spacial score (nSPS) is 21.9. The fraction of sp³-hybridized carbons (Fsp3) is 0.545. The smallest absolute Gasteiger partial charge is 0.226 e. The number of aromatic amines is 1. The monoisotopic (exact) mass is 236 g/mol. The van der Waals surface area contributed by atoms with Gasteiger partial charge in [0.25, 0.3) is 0 Å². The van der Waals surface area contributed by atoms with Crippen molar-refractivity contribution >= 4 is 17.5 Å². The van der Waals surface area contributed by atoms with Crippen molar-refractivity contribution in [3.63, 3.8) is 0 Å². The molecule has 1 fully saturated rings. The van der Waals surface area contributed by atoms with Crippen LogP contribution in [0.4, 0.5) is 5.69 Å². The molecule has 2 unspecified atom stereocenters. The fourth-order valence-electron chi connectivity index (χ4n) is 1.66. The molecule has 1 aliphatic carbocycles.